The van der Waals surface area contributed by atoms with Crippen LogP contribution in [-0.4, -0.2) is 7.11 Å². The van der Waals surface area contributed by atoms with Gasteiger partial charge >= 0.3 is 0 Å². The van der Waals surface area contributed by atoms with Gasteiger partial charge in [-0.05, 0) is 25.0 Å². The Morgan fingerprint density at radius 2 is 2.08 bits per heavy atom. The maximum Gasteiger partial charge on any atom is 0.121 e. The molecule has 0 amide bonds. The molecule has 0 aromatic heterocycles. The van der Waals surface area contributed by atoms with Crippen molar-refractivity contribution < 1.29 is 4.74 Å². The molecule has 0 bridgehead atoms. The minimum atomic E-state index is 0.805. The van der Waals surface area contributed by atoms with E-state index >= 15 is 0 Å². The van der Waals surface area contributed by atoms with Crippen molar-refractivity contribution in [3.05, 3.63) is 48.8 Å². The molecular weight excluding hydrogens is 148 g/mol. The zero-order chi connectivity index (χ0) is 9.40. The van der Waals surface area contributed by atoms with Gasteiger partial charge in [0.1, 0.15) is 5.76 Å². The van der Waals surface area contributed by atoms with Gasteiger partial charge in [0.15, 0.2) is 0 Å². The number of allylic oxidation sites excluding steroid dienone is 5. The molecule has 0 radical (unpaired) electrons. The van der Waals surface area contributed by atoms with Gasteiger partial charge in [-0.1, -0.05) is 24.8 Å². The molecule has 1 nitrogen and oxygen atoms in total. The van der Waals surface area contributed by atoms with Crippen LogP contribution in [0.25, 0.3) is 0 Å². The van der Waals surface area contributed by atoms with Crippen LogP contribution in [-0.2, 0) is 4.74 Å². The summed E-state index contributed by atoms with van der Waals surface area (Å²) in [6.45, 7) is 9.31. The quantitative estimate of drug-likeness (QED) is 0.344. The Bertz CT molecular complexity index is 209. The lowest BCUT2D eigenvalue weighted by molar-refractivity contribution is 0.303. The molecule has 0 N–H and O–H groups in total. The van der Waals surface area contributed by atoms with Gasteiger partial charge in [0.25, 0.3) is 0 Å². The lowest BCUT2D eigenvalue weighted by atomic mass is 10.1. The molecule has 0 aliphatic heterocycles. The number of hydrogen-bond acceptors (Lipinski definition) is 1. The second kappa shape index (κ2) is 6.47. The fourth-order valence-corrected chi connectivity index (χ4v) is 0.953. The lowest BCUT2D eigenvalue weighted by Gasteiger charge is -2.04. The molecule has 0 spiro atoms. The number of methoxy groups -OCH3 is 1. The molecule has 1 heteroatoms. The average molecular weight is 164 g/mol. The molecule has 0 unspecified atom stereocenters. The van der Waals surface area contributed by atoms with Crippen molar-refractivity contribution in [1.29, 1.82) is 0 Å². The monoisotopic (exact) mass is 164 g/mol. The van der Waals surface area contributed by atoms with Crippen molar-refractivity contribution in [2.75, 3.05) is 7.11 Å². The largest absolute Gasteiger partial charge is 0.496 e. The number of ether oxygens (including phenoxy) is 1. The van der Waals surface area contributed by atoms with Gasteiger partial charge in [-0.3, -0.25) is 0 Å². The molecule has 0 aliphatic carbocycles. The third-order valence-electron chi connectivity index (χ3n) is 1.45. The van der Waals surface area contributed by atoms with E-state index in [1.165, 1.54) is 0 Å². The zero-order valence-corrected chi connectivity index (χ0v) is 7.84. The first-order valence-electron chi connectivity index (χ1n) is 3.93. The van der Waals surface area contributed by atoms with E-state index in [1.807, 2.05) is 25.2 Å². The maximum absolute atomic E-state index is 5.13. The summed E-state index contributed by atoms with van der Waals surface area (Å²) in [5.41, 5.74) is 1.10. The van der Waals surface area contributed by atoms with Crippen molar-refractivity contribution in [2.24, 2.45) is 0 Å². The number of hydrogen-bond donors (Lipinski definition) is 0. The lowest BCUT2D eigenvalue weighted by Crippen LogP contribution is -1.88. The Labute approximate surface area is 74.7 Å². The summed E-state index contributed by atoms with van der Waals surface area (Å²) in [6, 6.07) is 0. The highest BCUT2D eigenvalue weighted by Crippen LogP contribution is 2.12. The summed E-state index contributed by atoms with van der Waals surface area (Å²) in [4.78, 5) is 0. The first kappa shape index (κ1) is 10.8. The second-order valence-corrected chi connectivity index (χ2v) is 2.29. The standard InChI is InChI=1S/C11H16O/c1-5-8-10(9-6-2)11(7-3)12-4/h5-7,9H,1,3,8H2,2,4H3/b9-6-,11-10+. The Morgan fingerprint density at radius 1 is 1.42 bits per heavy atom. The van der Waals surface area contributed by atoms with Gasteiger partial charge in [0.05, 0.1) is 7.11 Å². The highest BCUT2D eigenvalue weighted by molar-refractivity contribution is 5.29. The van der Waals surface area contributed by atoms with Crippen LogP contribution in [0, 0.1) is 0 Å². The summed E-state index contributed by atoms with van der Waals surface area (Å²) in [7, 11) is 1.64. The Kier molecular flexibility index (Phi) is 5.80. The third-order valence-corrected chi connectivity index (χ3v) is 1.45. The first-order valence-corrected chi connectivity index (χ1v) is 3.93. The highest BCUT2D eigenvalue weighted by atomic mass is 16.5. The van der Waals surface area contributed by atoms with Crippen LogP contribution in [0.3, 0.4) is 0 Å². The van der Waals surface area contributed by atoms with Crippen molar-refractivity contribution in [3.8, 4) is 0 Å². The van der Waals surface area contributed by atoms with Gasteiger partial charge in [0, 0.05) is 0 Å². The van der Waals surface area contributed by atoms with Crippen LogP contribution >= 0.6 is 0 Å². The van der Waals surface area contributed by atoms with Crippen molar-refractivity contribution in [1.82, 2.24) is 0 Å². The SMILES string of the molecule is C=CCC(/C=C\C)=C(/C=C)OC. The average Bonchev–Trinajstić information content (AvgIpc) is 2.07. The van der Waals surface area contributed by atoms with Crippen LogP contribution in [0.1, 0.15) is 13.3 Å². The summed E-state index contributed by atoms with van der Waals surface area (Å²) in [5, 5.41) is 0. The van der Waals surface area contributed by atoms with Gasteiger partial charge in [-0.2, -0.15) is 0 Å². The van der Waals surface area contributed by atoms with E-state index in [0.717, 1.165) is 17.8 Å². The summed E-state index contributed by atoms with van der Waals surface area (Å²) < 4.78 is 5.13. The van der Waals surface area contributed by atoms with Crippen LogP contribution in [0.2, 0.25) is 0 Å². The van der Waals surface area contributed by atoms with Crippen LogP contribution < -0.4 is 0 Å². The topological polar surface area (TPSA) is 9.23 Å². The summed E-state index contributed by atoms with van der Waals surface area (Å²) in [6.07, 6.45) is 8.33. The highest BCUT2D eigenvalue weighted by Gasteiger charge is 1.97. The normalized spacial score (nSPS) is 12.5. The molecule has 0 aromatic rings. The number of rotatable bonds is 5. The predicted molar refractivity (Wildman–Crippen MR) is 53.9 cm³/mol. The third kappa shape index (κ3) is 3.24. The minimum absolute atomic E-state index is 0.805. The fraction of sp³-hybridized carbons (Fsp3) is 0.273. The van der Waals surface area contributed by atoms with E-state index in [-0.39, 0.29) is 0 Å². The smallest absolute Gasteiger partial charge is 0.121 e. The molecule has 12 heavy (non-hydrogen) atoms. The van der Waals surface area contributed by atoms with Gasteiger partial charge in [-0.25, -0.2) is 0 Å². The first-order chi connectivity index (χ1) is 5.79. The van der Waals surface area contributed by atoms with Gasteiger partial charge in [-0.15, -0.1) is 6.58 Å². The molecule has 0 aliphatic rings. The summed E-state index contributed by atoms with van der Waals surface area (Å²) >= 11 is 0. The fourth-order valence-electron chi connectivity index (χ4n) is 0.953. The predicted octanol–water partition coefficient (Wildman–Crippen LogP) is 3.23. The van der Waals surface area contributed by atoms with E-state index in [9.17, 15) is 0 Å². The van der Waals surface area contributed by atoms with E-state index in [1.54, 1.807) is 13.2 Å². The Balaban J connectivity index is 4.73. The Hall–Kier alpha value is -1.24. The van der Waals surface area contributed by atoms with E-state index < -0.39 is 0 Å². The Morgan fingerprint density at radius 3 is 2.42 bits per heavy atom. The maximum atomic E-state index is 5.13. The van der Waals surface area contributed by atoms with Gasteiger partial charge < -0.3 is 4.74 Å². The van der Waals surface area contributed by atoms with E-state index in [2.05, 4.69) is 13.2 Å². The molecule has 0 heterocycles. The molecule has 0 saturated carbocycles. The molecule has 0 atom stereocenters. The van der Waals surface area contributed by atoms with Crippen LogP contribution in [0.4, 0.5) is 0 Å². The summed E-state index contributed by atoms with van der Waals surface area (Å²) in [5.74, 6) is 0.813. The minimum Gasteiger partial charge on any atom is -0.496 e. The van der Waals surface area contributed by atoms with Crippen molar-refractivity contribution >= 4 is 0 Å². The molecule has 0 saturated heterocycles. The van der Waals surface area contributed by atoms with Crippen LogP contribution in [0.5, 0.6) is 0 Å². The van der Waals surface area contributed by atoms with Crippen LogP contribution in [0.15, 0.2) is 48.8 Å². The van der Waals surface area contributed by atoms with Crippen molar-refractivity contribution in [2.45, 2.75) is 13.3 Å². The second-order valence-electron chi connectivity index (χ2n) is 2.29. The zero-order valence-electron chi connectivity index (χ0n) is 7.84. The molecular formula is C11H16O. The molecule has 0 rings (SSSR count). The molecule has 0 aromatic carbocycles. The molecule has 66 valence electrons. The van der Waals surface area contributed by atoms with Gasteiger partial charge in [0.2, 0.25) is 0 Å². The molecule has 0 fully saturated rings. The van der Waals surface area contributed by atoms with E-state index in [4.69, 9.17) is 4.74 Å². The van der Waals surface area contributed by atoms with E-state index in [0.29, 0.717) is 0 Å². The van der Waals surface area contributed by atoms with Crippen molar-refractivity contribution in [3.63, 3.8) is 0 Å².